The summed E-state index contributed by atoms with van der Waals surface area (Å²) in [6.45, 7) is 10.4. The van der Waals surface area contributed by atoms with E-state index in [1.807, 2.05) is 6.92 Å². The smallest absolute Gasteiger partial charge is 0.225 e. The number of halogens is 1. The first kappa shape index (κ1) is 25.6. The van der Waals surface area contributed by atoms with Crippen molar-refractivity contribution in [3.63, 3.8) is 0 Å². The fourth-order valence-corrected chi connectivity index (χ4v) is 3.86. The Bertz CT molecular complexity index is 1000. The van der Waals surface area contributed by atoms with Crippen molar-refractivity contribution in [3.8, 4) is 0 Å². The first-order chi connectivity index (χ1) is 16.2. The molecule has 2 heterocycles. The molecule has 1 fully saturated rings. The SMILES string of the molecule is Cc1ccc(CNC(=O)[C@H](C)CC(=O)c2cc(N3CCCC3)nc(NCCC(C)C)n2)c(F)c1. The van der Waals surface area contributed by atoms with Gasteiger partial charge in [-0.25, -0.2) is 9.37 Å². The number of Topliss-reactive ketones (excluding diaryl/α,β-unsaturated/α-hetero) is 1. The van der Waals surface area contributed by atoms with Crippen LogP contribution >= 0.6 is 0 Å². The highest BCUT2D eigenvalue weighted by atomic mass is 19.1. The van der Waals surface area contributed by atoms with Crippen LogP contribution in [0, 0.1) is 24.6 Å². The monoisotopic (exact) mass is 469 g/mol. The lowest BCUT2D eigenvalue weighted by Crippen LogP contribution is -2.30. The van der Waals surface area contributed by atoms with Crippen LogP contribution in [0.4, 0.5) is 16.2 Å². The van der Waals surface area contributed by atoms with Gasteiger partial charge in [-0.15, -0.1) is 0 Å². The predicted octanol–water partition coefficient (Wildman–Crippen LogP) is 4.51. The van der Waals surface area contributed by atoms with Crippen molar-refractivity contribution >= 4 is 23.5 Å². The molecule has 0 bridgehead atoms. The lowest BCUT2D eigenvalue weighted by molar-refractivity contribution is -0.124. The van der Waals surface area contributed by atoms with E-state index in [9.17, 15) is 14.0 Å². The van der Waals surface area contributed by atoms with E-state index in [0.717, 1.165) is 50.3 Å². The number of rotatable bonds is 11. The van der Waals surface area contributed by atoms with E-state index >= 15 is 0 Å². The molecule has 0 radical (unpaired) electrons. The standard InChI is InChI=1S/C26H36FN5O2/c1-17(2)9-10-28-26-30-22(15-24(31-26)32-11-5-6-12-32)23(33)14-19(4)25(34)29-16-20-8-7-18(3)13-21(20)27/h7-8,13,15,17,19H,5-6,9-12,14,16H2,1-4H3,(H,29,34)(H,28,30,31)/t19-/m1/s1. The summed E-state index contributed by atoms with van der Waals surface area (Å²) >= 11 is 0. The van der Waals surface area contributed by atoms with E-state index in [1.165, 1.54) is 6.07 Å². The van der Waals surface area contributed by atoms with Crippen LogP contribution in [0.3, 0.4) is 0 Å². The highest BCUT2D eigenvalue weighted by Gasteiger charge is 2.22. The summed E-state index contributed by atoms with van der Waals surface area (Å²) in [6, 6.07) is 6.63. The fourth-order valence-electron chi connectivity index (χ4n) is 3.86. The van der Waals surface area contributed by atoms with Gasteiger partial charge in [0.05, 0.1) is 0 Å². The summed E-state index contributed by atoms with van der Waals surface area (Å²) in [5.41, 5.74) is 1.55. The second-order valence-electron chi connectivity index (χ2n) is 9.58. The molecule has 3 rings (SSSR count). The normalized spacial score (nSPS) is 14.4. The fraction of sp³-hybridized carbons (Fsp3) is 0.538. The summed E-state index contributed by atoms with van der Waals surface area (Å²) in [4.78, 5) is 36.9. The highest BCUT2D eigenvalue weighted by Crippen LogP contribution is 2.22. The van der Waals surface area contributed by atoms with Crippen LogP contribution in [-0.2, 0) is 11.3 Å². The first-order valence-electron chi connectivity index (χ1n) is 12.2. The lowest BCUT2D eigenvalue weighted by atomic mass is 10.0. The third-order valence-corrected chi connectivity index (χ3v) is 6.03. The van der Waals surface area contributed by atoms with Crippen molar-refractivity contribution in [1.29, 1.82) is 0 Å². The Labute approximate surface area is 201 Å². The molecule has 2 N–H and O–H groups in total. The van der Waals surface area contributed by atoms with Crippen molar-refractivity contribution in [2.75, 3.05) is 29.9 Å². The predicted molar refractivity (Wildman–Crippen MR) is 133 cm³/mol. The van der Waals surface area contributed by atoms with Crippen LogP contribution in [0.1, 0.15) is 68.1 Å². The number of carbonyl (C=O) groups excluding carboxylic acids is 2. The summed E-state index contributed by atoms with van der Waals surface area (Å²) in [5, 5.41) is 5.98. The number of nitrogens with one attached hydrogen (secondary N) is 2. The number of aryl methyl sites for hydroxylation is 1. The molecule has 1 aromatic heterocycles. The third-order valence-electron chi connectivity index (χ3n) is 6.03. The Morgan fingerprint density at radius 3 is 2.53 bits per heavy atom. The van der Waals surface area contributed by atoms with Gasteiger partial charge < -0.3 is 15.5 Å². The van der Waals surface area contributed by atoms with E-state index in [2.05, 4.69) is 39.3 Å². The largest absolute Gasteiger partial charge is 0.356 e. The summed E-state index contributed by atoms with van der Waals surface area (Å²) in [5.74, 6) is 0.315. The summed E-state index contributed by atoms with van der Waals surface area (Å²) in [6.07, 6.45) is 3.19. The van der Waals surface area contributed by atoms with Crippen LogP contribution in [0.25, 0.3) is 0 Å². The van der Waals surface area contributed by atoms with Crippen LogP contribution in [-0.4, -0.2) is 41.3 Å². The van der Waals surface area contributed by atoms with E-state index in [4.69, 9.17) is 0 Å². The maximum Gasteiger partial charge on any atom is 0.225 e. The number of anilines is 2. The zero-order valence-corrected chi connectivity index (χ0v) is 20.7. The first-order valence-corrected chi connectivity index (χ1v) is 12.2. The zero-order chi connectivity index (χ0) is 24.7. The third kappa shape index (κ3) is 7.23. The Morgan fingerprint density at radius 2 is 1.85 bits per heavy atom. The van der Waals surface area contributed by atoms with Gasteiger partial charge in [-0.05, 0) is 43.7 Å². The Kier molecular flexibility index (Phi) is 8.96. The Hall–Kier alpha value is -3.03. The van der Waals surface area contributed by atoms with Gasteiger partial charge in [0, 0.05) is 50.1 Å². The second-order valence-corrected chi connectivity index (χ2v) is 9.58. The van der Waals surface area contributed by atoms with Crippen LogP contribution in [0.5, 0.6) is 0 Å². The van der Waals surface area contributed by atoms with Gasteiger partial charge >= 0.3 is 0 Å². The van der Waals surface area contributed by atoms with Crippen LogP contribution in [0.15, 0.2) is 24.3 Å². The van der Waals surface area contributed by atoms with E-state index in [1.54, 1.807) is 25.1 Å². The quantitative estimate of drug-likeness (QED) is 0.471. The minimum absolute atomic E-state index is 0.0180. The topological polar surface area (TPSA) is 87.2 Å². The molecule has 1 atom stereocenters. The van der Waals surface area contributed by atoms with Crippen LogP contribution in [0.2, 0.25) is 0 Å². The number of hydrogen-bond donors (Lipinski definition) is 2. The molecule has 8 heteroatoms. The molecule has 1 aromatic carbocycles. The maximum absolute atomic E-state index is 14.0. The molecule has 1 aliphatic rings. The second kappa shape index (κ2) is 11.9. The molecule has 0 aliphatic carbocycles. The minimum Gasteiger partial charge on any atom is -0.356 e. The van der Waals surface area contributed by atoms with E-state index in [0.29, 0.717) is 23.1 Å². The molecule has 2 aromatic rings. The molecule has 184 valence electrons. The molecular weight excluding hydrogens is 433 g/mol. The number of ketones is 1. The molecule has 0 spiro atoms. The van der Waals surface area contributed by atoms with Gasteiger partial charge in [0.2, 0.25) is 11.9 Å². The lowest BCUT2D eigenvalue weighted by Gasteiger charge is -2.19. The minimum atomic E-state index is -0.566. The number of aromatic nitrogens is 2. The average molecular weight is 470 g/mol. The molecule has 0 unspecified atom stereocenters. The van der Waals surface area contributed by atoms with Gasteiger partial charge in [0.25, 0.3) is 0 Å². The Morgan fingerprint density at radius 1 is 1.12 bits per heavy atom. The molecule has 1 saturated heterocycles. The van der Waals surface area contributed by atoms with Gasteiger partial charge in [-0.2, -0.15) is 4.98 Å². The number of amides is 1. The zero-order valence-electron chi connectivity index (χ0n) is 20.7. The average Bonchev–Trinajstić information content (AvgIpc) is 3.33. The van der Waals surface area contributed by atoms with E-state index in [-0.39, 0.29) is 30.5 Å². The van der Waals surface area contributed by atoms with E-state index < -0.39 is 5.92 Å². The van der Waals surface area contributed by atoms with Gasteiger partial charge in [-0.1, -0.05) is 32.9 Å². The number of carbonyl (C=O) groups is 2. The highest BCUT2D eigenvalue weighted by molar-refractivity contribution is 5.97. The molecular formula is C26H36FN5O2. The van der Waals surface area contributed by atoms with Crippen molar-refractivity contribution in [3.05, 3.63) is 46.9 Å². The van der Waals surface area contributed by atoms with Gasteiger partial charge in [-0.3, -0.25) is 9.59 Å². The number of benzene rings is 1. The van der Waals surface area contributed by atoms with Gasteiger partial charge in [0.15, 0.2) is 5.78 Å². The molecule has 34 heavy (non-hydrogen) atoms. The molecule has 1 amide bonds. The van der Waals surface area contributed by atoms with Crippen molar-refractivity contribution < 1.29 is 14.0 Å². The maximum atomic E-state index is 14.0. The Balaban J connectivity index is 1.65. The summed E-state index contributed by atoms with van der Waals surface area (Å²) < 4.78 is 14.0. The molecule has 0 saturated carbocycles. The summed E-state index contributed by atoms with van der Waals surface area (Å²) in [7, 11) is 0. The van der Waals surface area contributed by atoms with Crippen molar-refractivity contribution in [2.45, 2.75) is 59.9 Å². The number of hydrogen-bond acceptors (Lipinski definition) is 6. The van der Waals surface area contributed by atoms with Gasteiger partial charge in [0.1, 0.15) is 17.3 Å². The van der Waals surface area contributed by atoms with Crippen molar-refractivity contribution in [2.24, 2.45) is 11.8 Å². The van der Waals surface area contributed by atoms with Crippen LogP contribution < -0.4 is 15.5 Å². The molecule has 1 aliphatic heterocycles. The molecule has 7 nitrogen and oxygen atoms in total. The van der Waals surface area contributed by atoms with Crippen molar-refractivity contribution in [1.82, 2.24) is 15.3 Å². The number of nitrogens with zero attached hydrogens (tertiary/aromatic N) is 3.